The first-order chi connectivity index (χ1) is 15.8. The number of nitrogens with zero attached hydrogens (tertiary/aromatic N) is 1. The highest BCUT2D eigenvalue weighted by Crippen LogP contribution is 2.29. The number of esters is 1. The van der Waals surface area contributed by atoms with Gasteiger partial charge in [0.1, 0.15) is 0 Å². The summed E-state index contributed by atoms with van der Waals surface area (Å²) in [5.74, 6) is -3.58. The number of nitrogens with one attached hydrogen (secondary N) is 1. The maximum Gasteiger partial charge on any atom is 0.337 e. The van der Waals surface area contributed by atoms with Crippen molar-refractivity contribution in [2.24, 2.45) is 0 Å². The maximum absolute atomic E-state index is 12.9. The molecule has 9 heteroatoms. The van der Waals surface area contributed by atoms with Gasteiger partial charge in [-0.2, -0.15) is 0 Å². The number of imide groups is 1. The molecule has 0 aromatic heterocycles. The Kier molecular flexibility index (Phi) is 5.45. The number of rotatable bonds is 5. The standard InChI is InChI=1S/C24H16N2O7/c1-33-24(32)14-4-9-17(10-5-14)26-21(28)18-11-6-15(12-19(18)22(26)29)20(27)25-16-7-2-13(3-8-16)23(30)31/h2-12H,1H3,(H,25,27)(H,30,31)/p-1. The van der Waals surface area contributed by atoms with E-state index in [1.165, 1.54) is 73.8 Å². The van der Waals surface area contributed by atoms with E-state index >= 15 is 0 Å². The second-order valence-electron chi connectivity index (χ2n) is 7.06. The Morgan fingerprint density at radius 1 is 0.788 bits per heavy atom. The summed E-state index contributed by atoms with van der Waals surface area (Å²) < 4.78 is 4.64. The molecule has 0 unspecified atom stereocenters. The molecule has 1 aliphatic heterocycles. The first-order valence-corrected chi connectivity index (χ1v) is 9.64. The van der Waals surface area contributed by atoms with Crippen molar-refractivity contribution in [3.8, 4) is 0 Å². The molecule has 0 aliphatic carbocycles. The van der Waals surface area contributed by atoms with Crippen LogP contribution in [0.25, 0.3) is 0 Å². The lowest BCUT2D eigenvalue weighted by molar-refractivity contribution is -0.255. The normalized spacial score (nSPS) is 12.3. The topological polar surface area (TPSA) is 133 Å². The van der Waals surface area contributed by atoms with E-state index in [1.54, 1.807) is 0 Å². The minimum Gasteiger partial charge on any atom is -0.545 e. The molecule has 0 bridgehead atoms. The fraction of sp³-hybridized carbons (Fsp3) is 0.0417. The fourth-order valence-electron chi connectivity index (χ4n) is 3.37. The molecule has 164 valence electrons. The van der Waals surface area contributed by atoms with Gasteiger partial charge in [0, 0.05) is 11.3 Å². The van der Waals surface area contributed by atoms with Gasteiger partial charge < -0.3 is 20.0 Å². The van der Waals surface area contributed by atoms with Gasteiger partial charge in [0.25, 0.3) is 17.7 Å². The first kappa shape index (κ1) is 21.4. The quantitative estimate of drug-likeness (QED) is 0.470. The summed E-state index contributed by atoms with van der Waals surface area (Å²) in [6.45, 7) is 0. The lowest BCUT2D eigenvalue weighted by Crippen LogP contribution is -2.29. The second-order valence-corrected chi connectivity index (χ2v) is 7.06. The molecule has 3 aromatic carbocycles. The number of hydrogen-bond acceptors (Lipinski definition) is 7. The number of carbonyl (C=O) groups is 5. The molecule has 0 saturated carbocycles. The summed E-state index contributed by atoms with van der Waals surface area (Å²) in [4.78, 5) is 61.7. The molecular weight excluding hydrogens is 428 g/mol. The number of carboxylic acids is 1. The van der Waals surface area contributed by atoms with Gasteiger partial charge in [-0.05, 0) is 60.2 Å². The predicted octanol–water partition coefficient (Wildman–Crippen LogP) is 1.89. The van der Waals surface area contributed by atoms with Gasteiger partial charge in [-0.3, -0.25) is 14.4 Å². The summed E-state index contributed by atoms with van der Waals surface area (Å²) in [5.41, 5.74) is 1.21. The van der Waals surface area contributed by atoms with E-state index in [0.717, 1.165) is 4.90 Å². The fourth-order valence-corrected chi connectivity index (χ4v) is 3.37. The van der Waals surface area contributed by atoms with Crippen molar-refractivity contribution in [2.45, 2.75) is 0 Å². The molecule has 0 saturated heterocycles. The zero-order valence-corrected chi connectivity index (χ0v) is 17.2. The zero-order valence-electron chi connectivity index (χ0n) is 17.2. The minimum atomic E-state index is -1.33. The predicted molar refractivity (Wildman–Crippen MR) is 114 cm³/mol. The van der Waals surface area contributed by atoms with Gasteiger partial charge in [0.15, 0.2) is 0 Å². The number of ether oxygens (including phenoxy) is 1. The molecular formula is C24H15N2O7-. The second kappa shape index (κ2) is 8.39. The molecule has 3 amide bonds. The molecule has 33 heavy (non-hydrogen) atoms. The molecule has 0 radical (unpaired) electrons. The molecule has 0 spiro atoms. The van der Waals surface area contributed by atoms with E-state index < -0.39 is 29.7 Å². The first-order valence-electron chi connectivity index (χ1n) is 9.64. The van der Waals surface area contributed by atoms with Crippen LogP contribution in [0.15, 0.2) is 66.7 Å². The number of amides is 3. The summed E-state index contributed by atoms with van der Waals surface area (Å²) in [6, 6.07) is 15.3. The van der Waals surface area contributed by atoms with Crippen molar-refractivity contribution in [3.63, 3.8) is 0 Å². The van der Waals surface area contributed by atoms with Gasteiger partial charge in [-0.15, -0.1) is 0 Å². The Labute approximate surface area is 187 Å². The molecule has 4 rings (SSSR count). The van der Waals surface area contributed by atoms with Gasteiger partial charge in [-0.1, -0.05) is 12.1 Å². The van der Waals surface area contributed by atoms with Crippen LogP contribution in [0.5, 0.6) is 0 Å². The number of carbonyl (C=O) groups excluding carboxylic acids is 5. The minimum absolute atomic E-state index is 0.0330. The number of anilines is 2. The van der Waals surface area contributed by atoms with Crippen LogP contribution >= 0.6 is 0 Å². The van der Waals surface area contributed by atoms with Crippen LogP contribution in [0.2, 0.25) is 0 Å². The SMILES string of the molecule is COC(=O)c1ccc(N2C(=O)c3ccc(C(=O)Nc4ccc(C(=O)[O-])cc4)cc3C2=O)cc1. The third kappa shape index (κ3) is 3.94. The Balaban J connectivity index is 1.56. The molecule has 1 heterocycles. The average Bonchev–Trinajstić information content (AvgIpc) is 3.08. The Morgan fingerprint density at radius 3 is 1.97 bits per heavy atom. The molecule has 1 aliphatic rings. The monoisotopic (exact) mass is 443 g/mol. The molecule has 9 nitrogen and oxygen atoms in total. The maximum atomic E-state index is 12.9. The summed E-state index contributed by atoms with van der Waals surface area (Å²) in [6.07, 6.45) is 0. The van der Waals surface area contributed by atoms with Crippen LogP contribution in [-0.4, -0.2) is 36.8 Å². The van der Waals surface area contributed by atoms with E-state index in [1.807, 2.05) is 0 Å². The number of hydrogen-bond donors (Lipinski definition) is 1. The number of benzene rings is 3. The van der Waals surface area contributed by atoms with E-state index in [-0.39, 0.29) is 33.5 Å². The van der Waals surface area contributed by atoms with Crippen LogP contribution in [-0.2, 0) is 4.74 Å². The van der Waals surface area contributed by atoms with Crippen molar-refractivity contribution in [1.82, 2.24) is 0 Å². The van der Waals surface area contributed by atoms with E-state index in [0.29, 0.717) is 5.69 Å². The van der Waals surface area contributed by atoms with E-state index in [4.69, 9.17) is 0 Å². The molecule has 3 aromatic rings. The lowest BCUT2D eigenvalue weighted by atomic mass is 10.1. The largest absolute Gasteiger partial charge is 0.545 e. The number of fused-ring (bicyclic) bond motifs is 1. The van der Waals surface area contributed by atoms with E-state index in [9.17, 15) is 29.1 Å². The van der Waals surface area contributed by atoms with Gasteiger partial charge in [0.2, 0.25) is 0 Å². The summed E-state index contributed by atoms with van der Waals surface area (Å²) in [5, 5.41) is 13.4. The smallest absolute Gasteiger partial charge is 0.337 e. The highest BCUT2D eigenvalue weighted by molar-refractivity contribution is 6.34. The van der Waals surface area contributed by atoms with E-state index in [2.05, 4.69) is 10.1 Å². The Morgan fingerprint density at radius 2 is 1.36 bits per heavy atom. The van der Waals surface area contributed by atoms with Crippen molar-refractivity contribution < 1.29 is 33.8 Å². The van der Waals surface area contributed by atoms with Crippen molar-refractivity contribution in [3.05, 3.63) is 94.5 Å². The van der Waals surface area contributed by atoms with Crippen LogP contribution in [0, 0.1) is 0 Å². The Bertz CT molecular complexity index is 1310. The number of aromatic carboxylic acids is 1. The molecule has 1 N–H and O–H groups in total. The summed E-state index contributed by atoms with van der Waals surface area (Å²) >= 11 is 0. The number of carboxylic acid groups (broad SMARTS) is 1. The highest BCUT2D eigenvalue weighted by atomic mass is 16.5. The lowest BCUT2D eigenvalue weighted by Gasteiger charge is -2.14. The van der Waals surface area contributed by atoms with Crippen molar-refractivity contribution in [2.75, 3.05) is 17.3 Å². The van der Waals surface area contributed by atoms with Crippen LogP contribution in [0.3, 0.4) is 0 Å². The van der Waals surface area contributed by atoms with Gasteiger partial charge >= 0.3 is 5.97 Å². The van der Waals surface area contributed by atoms with Crippen LogP contribution in [0.1, 0.15) is 51.8 Å². The summed E-state index contributed by atoms with van der Waals surface area (Å²) in [7, 11) is 1.25. The van der Waals surface area contributed by atoms with Crippen LogP contribution < -0.4 is 15.3 Å². The van der Waals surface area contributed by atoms with Crippen LogP contribution in [0.4, 0.5) is 11.4 Å². The van der Waals surface area contributed by atoms with Gasteiger partial charge in [0.05, 0.1) is 35.5 Å². The molecule has 0 fully saturated rings. The van der Waals surface area contributed by atoms with Crippen molar-refractivity contribution >= 4 is 41.0 Å². The molecule has 0 atom stereocenters. The average molecular weight is 443 g/mol. The van der Waals surface area contributed by atoms with Crippen molar-refractivity contribution in [1.29, 1.82) is 0 Å². The highest BCUT2D eigenvalue weighted by Gasteiger charge is 2.37. The Hall–Kier alpha value is -4.79. The third-order valence-corrected chi connectivity index (χ3v) is 5.07. The third-order valence-electron chi connectivity index (χ3n) is 5.07. The van der Waals surface area contributed by atoms with Gasteiger partial charge in [-0.25, -0.2) is 9.69 Å². The number of methoxy groups -OCH3 is 1. The zero-order chi connectivity index (χ0) is 23.7.